The summed E-state index contributed by atoms with van der Waals surface area (Å²) in [7, 11) is 0. The van der Waals surface area contributed by atoms with Crippen molar-refractivity contribution in [3.05, 3.63) is 11.1 Å². The second-order valence-electron chi connectivity index (χ2n) is 2.21. The second-order valence-corrected chi connectivity index (χ2v) is 2.70. The van der Waals surface area contributed by atoms with E-state index in [2.05, 4.69) is 26.8 Å². The van der Waals surface area contributed by atoms with Crippen LogP contribution in [0, 0.1) is 5.92 Å². The fourth-order valence-corrected chi connectivity index (χ4v) is 0.732. The Kier molecular flexibility index (Phi) is 3.98. The van der Waals surface area contributed by atoms with Crippen molar-refractivity contribution in [3.8, 4) is 0 Å². The third-order valence-electron chi connectivity index (χ3n) is 0.852. The van der Waals surface area contributed by atoms with Crippen LogP contribution in [0.2, 0.25) is 0 Å². The minimum absolute atomic E-state index is 0.586. The molecule has 0 spiro atoms. The molecule has 0 aliphatic carbocycles. The summed E-state index contributed by atoms with van der Waals surface area (Å²) in [5.74, 6) is 0.586. The van der Waals surface area contributed by atoms with Crippen molar-refractivity contribution < 1.29 is 0 Å². The molecule has 0 saturated carbocycles. The highest BCUT2D eigenvalue weighted by molar-refractivity contribution is 6.29. The van der Waals surface area contributed by atoms with Crippen molar-refractivity contribution in [2.24, 2.45) is 5.92 Å². The minimum Gasteiger partial charge on any atom is -0.0895 e. The lowest BCUT2D eigenvalue weighted by atomic mass is 10.2. The lowest BCUT2D eigenvalue weighted by Crippen LogP contribution is -1.78. The molecule has 0 aromatic heterocycles. The third kappa shape index (κ3) is 4.20. The Morgan fingerprint density at radius 3 is 2.25 bits per heavy atom. The number of halogens is 1. The molecule has 0 nitrogen and oxygen atoms in total. The van der Waals surface area contributed by atoms with Crippen molar-refractivity contribution in [2.75, 3.05) is 0 Å². The quantitative estimate of drug-likeness (QED) is 0.542. The van der Waals surface area contributed by atoms with Crippen LogP contribution < -0.4 is 0 Å². The van der Waals surface area contributed by atoms with Crippen LogP contribution in [-0.4, -0.2) is 0 Å². The number of hydrogen-bond acceptors (Lipinski definition) is 0. The fourth-order valence-electron chi connectivity index (χ4n) is 0.480. The molecule has 8 heavy (non-hydrogen) atoms. The van der Waals surface area contributed by atoms with Crippen molar-refractivity contribution in [1.29, 1.82) is 0 Å². The van der Waals surface area contributed by atoms with E-state index in [-0.39, 0.29) is 0 Å². The van der Waals surface area contributed by atoms with Gasteiger partial charge in [0.1, 0.15) is 0 Å². The van der Waals surface area contributed by atoms with Crippen LogP contribution in [0.4, 0.5) is 0 Å². The van der Waals surface area contributed by atoms with Crippen LogP contribution in [0.3, 0.4) is 0 Å². The molecule has 0 rings (SSSR count). The predicted octanol–water partition coefficient (Wildman–Crippen LogP) is 3.18. The maximum Gasteiger partial charge on any atom is 0.0141 e. The van der Waals surface area contributed by atoms with Crippen molar-refractivity contribution in [2.45, 2.75) is 27.2 Å². The van der Waals surface area contributed by atoms with Gasteiger partial charge in [0.05, 0.1) is 0 Å². The Bertz CT molecular complexity index is 82.4. The van der Waals surface area contributed by atoms with E-state index in [4.69, 9.17) is 11.6 Å². The second kappa shape index (κ2) is 3.96. The third-order valence-corrected chi connectivity index (χ3v) is 1.25. The van der Waals surface area contributed by atoms with Gasteiger partial charge in [-0.05, 0) is 12.3 Å². The van der Waals surface area contributed by atoms with E-state index in [0.717, 1.165) is 11.5 Å². The molecule has 0 bridgehead atoms. The van der Waals surface area contributed by atoms with Gasteiger partial charge in [-0.1, -0.05) is 38.4 Å². The Morgan fingerprint density at radius 2 is 2.12 bits per heavy atom. The largest absolute Gasteiger partial charge is 0.0895 e. The maximum atomic E-state index is 5.72. The maximum absolute atomic E-state index is 5.72. The molecule has 0 heterocycles. The van der Waals surface area contributed by atoms with E-state index in [0.29, 0.717) is 5.92 Å². The van der Waals surface area contributed by atoms with E-state index < -0.39 is 0 Å². The van der Waals surface area contributed by atoms with Crippen molar-refractivity contribution in [3.63, 3.8) is 0 Å². The molecular formula is C7H13Cl. The van der Waals surface area contributed by atoms with E-state index in [1.807, 2.05) is 0 Å². The van der Waals surface area contributed by atoms with Crippen LogP contribution in [0.15, 0.2) is 11.1 Å². The zero-order valence-corrected chi connectivity index (χ0v) is 6.50. The number of allylic oxidation sites excluding steroid dienone is 2. The van der Waals surface area contributed by atoms with Gasteiger partial charge < -0.3 is 0 Å². The Balaban J connectivity index is 3.56. The molecule has 0 fully saturated rings. The van der Waals surface area contributed by atoms with Gasteiger partial charge >= 0.3 is 0 Å². The molecule has 0 radical (unpaired) electrons. The first-order chi connectivity index (χ1) is 3.66. The van der Waals surface area contributed by atoms with Gasteiger partial charge in [0.2, 0.25) is 0 Å². The number of hydrogen-bond donors (Lipinski definition) is 0. The standard InChI is InChI=1S/C7H13Cl/c1-4-7(8)5-6(2)3/h5-6H,4H2,1-3H3/b7-5-. The molecule has 0 aliphatic rings. The first-order valence-electron chi connectivity index (χ1n) is 3.03. The smallest absolute Gasteiger partial charge is 0.0141 e. The molecule has 0 aromatic rings. The first kappa shape index (κ1) is 8.03. The summed E-state index contributed by atoms with van der Waals surface area (Å²) in [6.45, 7) is 6.30. The van der Waals surface area contributed by atoms with Crippen molar-refractivity contribution in [1.82, 2.24) is 0 Å². The van der Waals surface area contributed by atoms with Crippen LogP contribution in [0.1, 0.15) is 27.2 Å². The average molecular weight is 133 g/mol. The summed E-state index contributed by atoms with van der Waals surface area (Å²) in [4.78, 5) is 0. The monoisotopic (exact) mass is 132 g/mol. The average Bonchev–Trinajstić information content (AvgIpc) is 1.65. The lowest BCUT2D eigenvalue weighted by molar-refractivity contribution is 0.823. The van der Waals surface area contributed by atoms with E-state index in [1.54, 1.807) is 0 Å². The summed E-state index contributed by atoms with van der Waals surface area (Å²) in [5, 5.41) is 0.972. The van der Waals surface area contributed by atoms with E-state index >= 15 is 0 Å². The SMILES string of the molecule is CC/C(Cl)=C/C(C)C. The first-order valence-corrected chi connectivity index (χ1v) is 3.40. The summed E-state index contributed by atoms with van der Waals surface area (Å²) in [6, 6.07) is 0. The Hall–Kier alpha value is 0.0300. The van der Waals surface area contributed by atoms with Gasteiger partial charge in [0.25, 0.3) is 0 Å². The molecule has 0 N–H and O–H groups in total. The molecular weight excluding hydrogens is 120 g/mol. The summed E-state index contributed by atoms with van der Waals surface area (Å²) in [5.41, 5.74) is 0. The van der Waals surface area contributed by atoms with Gasteiger partial charge in [-0.2, -0.15) is 0 Å². The summed E-state index contributed by atoms with van der Waals surface area (Å²) >= 11 is 5.72. The summed E-state index contributed by atoms with van der Waals surface area (Å²) < 4.78 is 0. The van der Waals surface area contributed by atoms with Crippen LogP contribution in [-0.2, 0) is 0 Å². The zero-order chi connectivity index (χ0) is 6.57. The highest BCUT2D eigenvalue weighted by atomic mass is 35.5. The molecule has 0 atom stereocenters. The molecule has 48 valence electrons. The van der Waals surface area contributed by atoms with Gasteiger partial charge in [0.15, 0.2) is 0 Å². The Morgan fingerprint density at radius 1 is 1.62 bits per heavy atom. The lowest BCUT2D eigenvalue weighted by Gasteiger charge is -1.94. The highest BCUT2D eigenvalue weighted by Crippen LogP contribution is 2.09. The fraction of sp³-hybridized carbons (Fsp3) is 0.714. The normalized spacial score (nSPS) is 12.9. The van der Waals surface area contributed by atoms with Gasteiger partial charge in [0, 0.05) is 5.03 Å². The zero-order valence-electron chi connectivity index (χ0n) is 5.74. The molecule has 0 saturated heterocycles. The molecule has 0 aromatic carbocycles. The molecule has 0 unspecified atom stereocenters. The minimum atomic E-state index is 0.586. The van der Waals surface area contributed by atoms with Crippen LogP contribution in [0.5, 0.6) is 0 Å². The van der Waals surface area contributed by atoms with Crippen LogP contribution in [0.25, 0.3) is 0 Å². The predicted molar refractivity (Wildman–Crippen MR) is 39.1 cm³/mol. The number of rotatable bonds is 2. The highest BCUT2D eigenvalue weighted by Gasteiger charge is 1.88. The van der Waals surface area contributed by atoms with E-state index in [9.17, 15) is 0 Å². The van der Waals surface area contributed by atoms with Gasteiger partial charge in [-0.3, -0.25) is 0 Å². The molecule has 1 heteroatoms. The Labute approximate surface area is 56.5 Å². The van der Waals surface area contributed by atoms with Gasteiger partial charge in [-0.15, -0.1) is 0 Å². The van der Waals surface area contributed by atoms with Crippen LogP contribution >= 0.6 is 11.6 Å². The topological polar surface area (TPSA) is 0 Å². The summed E-state index contributed by atoms with van der Waals surface area (Å²) in [6.07, 6.45) is 3.03. The van der Waals surface area contributed by atoms with Gasteiger partial charge in [-0.25, -0.2) is 0 Å². The molecule has 0 aliphatic heterocycles. The van der Waals surface area contributed by atoms with E-state index in [1.165, 1.54) is 0 Å². The molecule has 0 amide bonds. The van der Waals surface area contributed by atoms with Crippen molar-refractivity contribution >= 4 is 11.6 Å².